The van der Waals surface area contributed by atoms with E-state index in [9.17, 15) is 14.7 Å². The average molecular weight is 336 g/mol. The van der Waals surface area contributed by atoms with E-state index >= 15 is 0 Å². The van der Waals surface area contributed by atoms with Crippen LogP contribution >= 0.6 is 0 Å². The Bertz CT molecular complexity index is 473. The molecule has 0 aliphatic carbocycles. The van der Waals surface area contributed by atoms with Crippen LogP contribution in [0.2, 0.25) is 0 Å². The van der Waals surface area contributed by atoms with E-state index in [1.807, 2.05) is 4.90 Å². The van der Waals surface area contributed by atoms with Crippen molar-refractivity contribution in [3.05, 3.63) is 12.2 Å². The Labute approximate surface area is 145 Å². The van der Waals surface area contributed by atoms with E-state index < -0.39 is 6.23 Å². The van der Waals surface area contributed by atoms with Crippen molar-refractivity contribution in [3.63, 3.8) is 0 Å². The molecule has 2 aliphatic heterocycles. The highest BCUT2D eigenvalue weighted by atomic mass is 16.3. The van der Waals surface area contributed by atoms with Gasteiger partial charge in [0.1, 0.15) is 6.23 Å². The van der Waals surface area contributed by atoms with E-state index in [1.54, 1.807) is 0 Å². The molecule has 1 N–H and O–H groups in total. The van der Waals surface area contributed by atoms with Gasteiger partial charge in [0.2, 0.25) is 11.8 Å². The lowest BCUT2D eigenvalue weighted by Gasteiger charge is -2.38. The van der Waals surface area contributed by atoms with E-state index in [0.717, 1.165) is 45.2 Å². The van der Waals surface area contributed by atoms with Crippen LogP contribution in [0, 0.1) is 11.3 Å². The molecule has 0 aromatic heterocycles. The predicted octanol–water partition coefficient (Wildman–Crippen LogP) is 2.55. The summed E-state index contributed by atoms with van der Waals surface area (Å²) < 4.78 is 0. The summed E-state index contributed by atoms with van der Waals surface area (Å²) in [6.07, 6.45) is 7.53. The molecule has 5 heteroatoms. The number of hydrogen-bond acceptors (Lipinski definition) is 3. The van der Waals surface area contributed by atoms with E-state index in [4.69, 9.17) is 0 Å². The lowest BCUT2D eigenvalue weighted by Crippen LogP contribution is -2.41. The van der Waals surface area contributed by atoms with Crippen LogP contribution in [-0.4, -0.2) is 52.6 Å². The summed E-state index contributed by atoms with van der Waals surface area (Å²) in [7, 11) is 0. The normalized spacial score (nSPS) is 22.5. The van der Waals surface area contributed by atoms with Crippen LogP contribution in [0.5, 0.6) is 0 Å². The number of piperidine rings is 1. The highest BCUT2D eigenvalue weighted by Crippen LogP contribution is 2.34. The summed E-state index contributed by atoms with van der Waals surface area (Å²) in [6, 6.07) is 0. The van der Waals surface area contributed by atoms with Crippen molar-refractivity contribution in [3.8, 4) is 0 Å². The number of hydrogen-bond donors (Lipinski definition) is 1. The molecule has 0 bridgehead atoms. The van der Waals surface area contributed by atoms with E-state index in [1.165, 1.54) is 17.1 Å². The highest BCUT2D eigenvalue weighted by Gasteiger charge is 2.30. The zero-order valence-electron chi connectivity index (χ0n) is 15.3. The first-order chi connectivity index (χ1) is 11.3. The first-order valence-electron chi connectivity index (χ1n) is 9.23. The molecule has 1 atom stereocenters. The van der Waals surface area contributed by atoms with Crippen molar-refractivity contribution in [2.24, 2.45) is 11.3 Å². The van der Waals surface area contributed by atoms with Gasteiger partial charge in [-0.1, -0.05) is 27.2 Å². The number of nitrogens with zero attached hydrogens (tertiary/aromatic N) is 2. The maximum Gasteiger partial charge on any atom is 0.248 e. The maximum absolute atomic E-state index is 12.3. The van der Waals surface area contributed by atoms with Crippen LogP contribution in [0.1, 0.15) is 59.3 Å². The van der Waals surface area contributed by atoms with Crippen LogP contribution in [0.25, 0.3) is 0 Å². The Morgan fingerprint density at radius 3 is 2.42 bits per heavy atom. The van der Waals surface area contributed by atoms with Crippen LogP contribution in [0.4, 0.5) is 0 Å². The fourth-order valence-electron chi connectivity index (χ4n) is 3.63. The third-order valence-electron chi connectivity index (χ3n) is 5.38. The van der Waals surface area contributed by atoms with Crippen LogP contribution in [0.3, 0.4) is 0 Å². The number of carbonyl (C=O) groups is 2. The van der Waals surface area contributed by atoms with E-state index in [2.05, 4.69) is 20.8 Å². The number of likely N-dealkylation sites (tertiary alicyclic amines) is 1. The van der Waals surface area contributed by atoms with Crippen molar-refractivity contribution >= 4 is 11.8 Å². The van der Waals surface area contributed by atoms with Gasteiger partial charge in [0.15, 0.2) is 0 Å². The minimum Gasteiger partial charge on any atom is -0.370 e. The molecule has 0 aromatic rings. The summed E-state index contributed by atoms with van der Waals surface area (Å²) >= 11 is 0. The quantitative estimate of drug-likeness (QED) is 0.758. The van der Waals surface area contributed by atoms with Crippen LogP contribution < -0.4 is 0 Å². The van der Waals surface area contributed by atoms with Crippen molar-refractivity contribution < 1.29 is 14.7 Å². The standard InChI is InChI=1S/C19H32N2O3/c1-19(2,3)15-10-13-20(14-11-15)16(22)7-5-4-6-12-21-17(23)8-9-18(21)24/h8-9,15,17,23H,4-7,10-14H2,1-3H3. The van der Waals surface area contributed by atoms with E-state index in [-0.39, 0.29) is 11.8 Å². The monoisotopic (exact) mass is 336 g/mol. The third kappa shape index (κ3) is 5.07. The summed E-state index contributed by atoms with van der Waals surface area (Å²) in [5, 5.41) is 9.61. The molecule has 2 amide bonds. The molecule has 5 nitrogen and oxygen atoms in total. The lowest BCUT2D eigenvalue weighted by atomic mass is 9.75. The first-order valence-corrected chi connectivity index (χ1v) is 9.23. The van der Waals surface area contributed by atoms with Gasteiger partial charge in [-0.2, -0.15) is 0 Å². The average Bonchev–Trinajstić information content (AvgIpc) is 2.85. The van der Waals surface area contributed by atoms with Crippen LogP contribution in [-0.2, 0) is 9.59 Å². The first kappa shape index (κ1) is 19.0. The number of rotatable bonds is 6. The summed E-state index contributed by atoms with van der Waals surface area (Å²) in [5.41, 5.74) is 0.335. The largest absolute Gasteiger partial charge is 0.370 e. The van der Waals surface area contributed by atoms with Gasteiger partial charge in [-0.3, -0.25) is 9.59 Å². The fraction of sp³-hybridized carbons (Fsp3) is 0.789. The molecule has 0 radical (unpaired) electrons. The zero-order chi connectivity index (χ0) is 17.7. The van der Waals surface area contributed by atoms with Crippen molar-refractivity contribution in [2.45, 2.75) is 65.5 Å². The number of aliphatic hydroxyl groups excluding tert-OH is 1. The molecule has 0 aromatic carbocycles. The molecule has 136 valence electrons. The van der Waals surface area contributed by atoms with Crippen molar-refractivity contribution in [2.75, 3.05) is 19.6 Å². The smallest absolute Gasteiger partial charge is 0.248 e. The Morgan fingerprint density at radius 1 is 1.21 bits per heavy atom. The molecule has 2 rings (SSSR count). The van der Waals surface area contributed by atoms with Gasteiger partial charge >= 0.3 is 0 Å². The molecule has 2 heterocycles. The molecular formula is C19H32N2O3. The van der Waals surface area contributed by atoms with Crippen LogP contribution in [0.15, 0.2) is 12.2 Å². The molecule has 0 saturated carbocycles. The second kappa shape index (κ2) is 8.15. The maximum atomic E-state index is 12.3. The van der Waals surface area contributed by atoms with E-state index in [0.29, 0.717) is 24.3 Å². The van der Waals surface area contributed by atoms with Gasteiger partial charge in [0, 0.05) is 32.1 Å². The molecule has 2 aliphatic rings. The number of carbonyl (C=O) groups excluding carboxylic acids is 2. The molecule has 1 unspecified atom stereocenters. The Kier molecular flexibility index (Phi) is 6.44. The number of aliphatic hydroxyl groups is 1. The van der Waals surface area contributed by atoms with Crippen molar-refractivity contribution in [1.82, 2.24) is 9.80 Å². The summed E-state index contributed by atoms with van der Waals surface area (Å²) in [6.45, 7) is 9.19. The lowest BCUT2D eigenvalue weighted by molar-refractivity contribution is -0.133. The van der Waals surface area contributed by atoms with Gasteiger partial charge < -0.3 is 14.9 Å². The van der Waals surface area contributed by atoms with Crippen molar-refractivity contribution in [1.29, 1.82) is 0 Å². The minimum absolute atomic E-state index is 0.125. The van der Waals surface area contributed by atoms with Gasteiger partial charge in [0.25, 0.3) is 0 Å². The fourth-order valence-corrected chi connectivity index (χ4v) is 3.63. The summed E-state index contributed by atoms with van der Waals surface area (Å²) in [4.78, 5) is 27.2. The SMILES string of the molecule is CC(C)(C)C1CCN(C(=O)CCCCCN2C(=O)C=CC2O)CC1. The highest BCUT2D eigenvalue weighted by molar-refractivity contribution is 5.90. The summed E-state index contributed by atoms with van der Waals surface area (Å²) in [5.74, 6) is 0.848. The zero-order valence-corrected chi connectivity index (χ0v) is 15.3. The number of amides is 2. The third-order valence-corrected chi connectivity index (χ3v) is 5.38. The van der Waals surface area contributed by atoms with Gasteiger partial charge in [-0.15, -0.1) is 0 Å². The molecule has 1 saturated heterocycles. The topological polar surface area (TPSA) is 60.9 Å². The van der Waals surface area contributed by atoms with Gasteiger partial charge in [-0.05, 0) is 43.1 Å². The molecule has 0 spiro atoms. The molecule has 1 fully saturated rings. The predicted molar refractivity (Wildman–Crippen MR) is 94.1 cm³/mol. The molecular weight excluding hydrogens is 304 g/mol. The minimum atomic E-state index is -0.775. The second-order valence-corrected chi connectivity index (χ2v) is 8.14. The Balaban J connectivity index is 1.58. The number of unbranched alkanes of at least 4 members (excludes halogenated alkanes) is 2. The Morgan fingerprint density at radius 2 is 1.88 bits per heavy atom. The van der Waals surface area contributed by atoms with Gasteiger partial charge in [0.05, 0.1) is 0 Å². The molecule has 24 heavy (non-hydrogen) atoms. The Hall–Kier alpha value is -1.36. The van der Waals surface area contributed by atoms with Gasteiger partial charge in [-0.25, -0.2) is 0 Å². The second-order valence-electron chi connectivity index (χ2n) is 8.14.